The number of fused-ring (bicyclic) bond motifs is 1. The van der Waals surface area contributed by atoms with Gasteiger partial charge in [-0.2, -0.15) is 0 Å². The van der Waals surface area contributed by atoms with Crippen molar-refractivity contribution in [1.82, 2.24) is 20.0 Å². The van der Waals surface area contributed by atoms with Crippen LogP contribution in [0.5, 0.6) is 0 Å². The highest BCUT2D eigenvalue weighted by atomic mass is 127. The molecule has 3 unspecified atom stereocenters. The van der Waals surface area contributed by atoms with Crippen molar-refractivity contribution < 1.29 is 14.3 Å². The summed E-state index contributed by atoms with van der Waals surface area (Å²) in [6, 6.07) is 10.9. The second kappa shape index (κ2) is 12.9. The number of amides is 1. The van der Waals surface area contributed by atoms with Crippen molar-refractivity contribution in [3.8, 4) is 0 Å². The van der Waals surface area contributed by atoms with Crippen LogP contribution in [-0.2, 0) is 20.8 Å². The van der Waals surface area contributed by atoms with Gasteiger partial charge in [0.2, 0.25) is 5.91 Å². The fourth-order valence-electron chi connectivity index (χ4n) is 4.67. The summed E-state index contributed by atoms with van der Waals surface area (Å²) >= 11 is 0. The van der Waals surface area contributed by atoms with Gasteiger partial charge in [0.15, 0.2) is 5.96 Å². The smallest absolute Gasteiger partial charge is 0.243 e. The van der Waals surface area contributed by atoms with E-state index in [2.05, 4.69) is 50.4 Å². The van der Waals surface area contributed by atoms with Crippen molar-refractivity contribution in [2.45, 2.75) is 44.1 Å². The largest absolute Gasteiger partial charge is 0.376 e. The summed E-state index contributed by atoms with van der Waals surface area (Å²) in [4.78, 5) is 23.2. The number of likely N-dealkylation sites (N-methyl/N-ethyl adjacent to an activating group) is 1. The number of hydrogen-bond donors (Lipinski definition) is 1. The van der Waals surface area contributed by atoms with Gasteiger partial charge in [-0.3, -0.25) is 9.69 Å². The van der Waals surface area contributed by atoms with Gasteiger partial charge in [-0.05, 0) is 24.8 Å². The number of aliphatic imine (C=N–C) groups is 1. The minimum absolute atomic E-state index is 0. The van der Waals surface area contributed by atoms with Crippen LogP contribution in [0.1, 0.15) is 24.8 Å². The zero-order chi connectivity index (χ0) is 22.3. The van der Waals surface area contributed by atoms with Gasteiger partial charge in [-0.25, -0.2) is 4.99 Å². The van der Waals surface area contributed by atoms with Crippen LogP contribution in [0.3, 0.4) is 0 Å². The minimum Gasteiger partial charge on any atom is -0.376 e. The molecule has 9 heteroatoms. The van der Waals surface area contributed by atoms with Crippen LogP contribution < -0.4 is 5.32 Å². The molecule has 3 fully saturated rings. The number of hydrogen-bond acceptors (Lipinski definition) is 5. The van der Waals surface area contributed by atoms with E-state index in [0.717, 1.165) is 64.7 Å². The Morgan fingerprint density at radius 1 is 1.15 bits per heavy atom. The predicted octanol–water partition coefficient (Wildman–Crippen LogP) is 1.79. The van der Waals surface area contributed by atoms with Gasteiger partial charge >= 0.3 is 0 Å². The van der Waals surface area contributed by atoms with Gasteiger partial charge in [-0.1, -0.05) is 30.3 Å². The lowest BCUT2D eigenvalue weighted by Crippen LogP contribution is -2.50. The maximum absolute atomic E-state index is 12.2. The molecule has 0 aliphatic carbocycles. The molecule has 0 spiro atoms. The molecule has 3 aliphatic heterocycles. The van der Waals surface area contributed by atoms with Crippen molar-refractivity contribution in [2.24, 2.45) is 4.99 Å². The molecule has 8 nitrogen and oxygen atoms in total. The highest BCUT2D eigenvalue weighted by Crippen LogP contribution is 2.25. The molecule has 33 heavy (non-hydrogen) atoms. The average molecular weight is 572 g/mol. The Bertz CT molecular complexity index is 773. The number of morpholine rings is 1. The quantitative estimate of drug-likeness (QED) is 0.319. The van der Waals surface area contributed by atoms with Crippen LogP contribution in [0.15, 0.2) is 35.3 Å². The summed E-state index contributed by atoms with van der Waals surface area (Å²) in [5.74, 6) is 0.781. The van der Waals surface area contributed by atoms with Gasteiger partial charge in [0, 0.05) is 53.4 Å². The molecule has 1 aromatic carbocycles. The monoisotopic (exact) mass is 571 g/mol. The molecule has 3 saturated heterocycles. The molecule has 0 radical (unpaired) electrons. The van der Waals surface area contributed by atoms with Gasteiger partial charge < -0.3 is 24.6 Å². The second-order valence-corrected chi connectivity index (χ2v) is 9.14. The Labute approximate surface area is 214 Å². The predicted molar refractivity (Wildman–Crippen MR) is 140 cm³/mol. The minimum atomic E-state index is -0.00298. The van der Waals surface area contributed by atoms with Crippen molar-refractivity contribution in [2.75, 3.05) is 60.0 Å². The van der Waals surface area contributed by atoms with E-state index in [0.29, 0.717) is 6.04 Å². The third-order valence-corrected chi connectivity index (χ3v) is 6.57. The van der Waals surface area contributed by atoms with Crippen LogP contribution in [0.2, 0.25) is 0 Å². The van der Waals surface area contributed by atoms with Crippen LogP contribution in [-0.4, -0.2) is 105 Å². The number of carbonyl (C=O) groups excluding carboxylic acids is 1. The molecular weight excluding hydrogens is 533 g/mol. The maximum Gasteiger partial charge on any atom is 0.243 e. The van der Waals surface area contributed by atoms with Crippen molar-refractivity contribution in [1.29, 1.82) is 0 Å². The molecule has 4 rings (SSSR count). The van der Waals surface area contributed by atoms with Gasteiger partial charge in [-0.15, -0.1) is 24.0 Å². The number of likely N-dealkylation sites (tertiary alicyclic amines) is 1. The first-order valence-corrected chi connectivity index (χ1v) is 11.8. The van der Waals surface area contributed by atoms with Crippen LogP contribution in [0, 0.1) is 0 Å². The van der Waals surface area contributed by atoms with Gasteiger partial charge in [0.25, 0.3) is 0 Å². The Morgan fingerprint density at radius 2 is 1.97 bits per heavy atom. The van der Waals surface area contributed by atoms with E-state index in [1.807, 2.05) is 0 Å². The summed E-state index contributed by atoms with van der Waals surface area (Å²) in [5.41, 5.74) is 1.32. The molecule has 184 valence electrons. The Morgan fingerprint density at radius 3 is 2.70 bits per heavy atom. The number of benzene rings is 1. The molecule has 0 bridgehead atoms. The van der Waals surface area contributed by atoms with Crippen LogP contribution >= 0.6 is 24.0 Å². The first-order chi connectivity index (χ1) is 15.6. The Kier molecular flexibility index (Phi) is 10.2. The first kappa shape index (κ1) is 26.2. The highest BCUT2D eigenvalue weighted by Gasteiger charge is 2.41. The third kappa shape index (κ3) is 7.27. The molecule has 3 atom stereocenters. The van der Waals surface area contributed by atoms with E-state index in [4.69, 9.17) is 9.47 Å². The fourth-order valence-corrected chi connectivity index (χ4v) is 4.67. The number of rotatable bonds is 6. The maximum atomic E-state index is 12.2. The summed E-state index contributed by atoms with van der Waals surface area (Å²) in [6.45, 7) is 5.91. The Balaban J connectivity index is 0.00000306. The molecule has 3 aliphatic rings. The number of nitrogens with zero attached hydrogens (tertiary/aromatic N) is 4. The lowest BCUT2D eigenvalue weighted by atomic mass is 10.1. The van der Waals surface area contributed by atoms with Gasteiger partial charge in [0.05, 0.1) is 24.9 Å². The van der Waals surface area contributed by atoms with E-state index in [-0.39, 0.29) is 48.6 Å². The number of ether oxygens (including phenoxy) is 2. The van der Waals surface area contributed by atoms with E-state index in [9.17, 15) is 4.79 Å². The highest BCUT2D eigenvalue weighted by molar-refractivity contribution is 14.0. The molecule has 0 saturated carbocycles. The second-order valence-electron chi connectivity index (χ2n) is 9.14. The SMILES string of the molecule is CN(C)C(=O)CN=C(NCC1CCCCO1)N1CC2OCCN(Cc3ccccc3)C2C1.I. The van der Waals surface area contributed by atoms with Crippen molar-refractivity contribution in [3.63, 3.8) is 0 Å². The lowest BCUT2D eigenvalue weighted by Gasteiger charge is -2.36. The molecular formula is C24H38IN5O3. The van der Waals surface area contributed by atoms with Crippen LogP contribution in [0.25, 0.3) is 0 Å². The standard InChI is InChI=1S/C24H37N5O3.HI/c1-27(2)23(30)15-26-24(25-14-20-10-6-7-12-31-20)29-17-21-22(18-29)32-13-11-28(21)16-19-8-4-3-5-9-19;/h3-5,8-9,20-22H,6-7,10-18H2,1-2H3,(H,25,26);1H. The lowest BCUT2D eigenvalue weighted by molar-refractivity contribution is -0.127. The number of guanidine groups is 1. The summed E-state index contributed by atoms with van der Waals surface area (Å²) in [6.07, 6.45) is 3.76. The summed E-state index contributed by atoms with van der Waals surface area (Å²) in [7, 11) is 3.53. The third-order valence-electron chi connectivity index (χ3n) is 6.57. The number of carbonyl (C=O) groups is 1. The van der Waals surface area contributed by atoms with Crippen LogP contribution in [0.4, 0.5) is 0 Å². The average Bonchev–Trinajstić information content (AvgIpc) is 3.25. The van der Waals surface area contributed by atoms with E-state index >= 15 is 0 Å². The zero-order valence-corrected chi connectivity index (χ0v) is 22.1. The molecule has 3 heterocycles. The molecule has 1 amide bonds. The zero-order valence-electron chi connectivity index (χ0n) is 19.8. The normalized spacial score (nSPS) is 25.8. The molecule has 1 N–H and O–H groups in total. The summed E-state index contributed by atoms with van der Waals surface area (Å²) in [5, 5.41) is 3.51. The van der Waals surface area contributed by atoms with E-state index in [1.54, 1.807) is 19.0 Å². The molecule has 0 aromatic heterocycles. The van der Waals surface area contributed by atoms with Crippen molar-refractivity contribution in [3.05, 3.63) is 35.9 Å². The topological polar surface area (TPSA) is 69.6 Å². The first-order valence-electron chi connectivity index (χ1n) is 11.8. The summed E-state index contributed by atoms with van der Waals surface area (Å²) < 4.78 is 12.0. The number of halogens is 1. The van der Waals surface area contributed by atoms with E-state index in [1.165, 1.54) is 12.0 Å². The van der Waals surface area contributed by atoms with E-state index < -0.39 is 0 Å². The number of nitrogens with one attached hydrogen (secondary N) is 1. The van der Waals surface area contributed by atoms with Crippen molar-refractivity contribution >= 4 is 35.8 Å². The molecule has 1 aromatic rings. The fraction of sp³-hybridized carbons (Fsp3) is 0.667. The Hall–Kier alpha value is -1.43. The van der Waals surface area contributed by atoms with Gasteiger partial charge in [0.1, 0.15) is 6.54 Å².